The summed E-state index contributed by atoms with van der Waals surface area (Å²) in [6, 6.07) is 4.12. The highest BCUT2D eigenvalue weighted by atomic mass is 19.4. The zero-order valence-corrected chi connectivity index (χ0v) is 23.9. The van der Waals surface area contributed by atoms with E-state index in [1.165, 1.54) is 19.2 Å². The number of rotatable bonds is 7. The van der Waals surface area contributed by atoms with Gasteiger partial charge in [-0.05, 0) is 55.9 Å². The number of ether oxygens (including phenoxy) is 3. The Morgan fingerprint density at radius 1 is 1.15 bits per heavy atom. The van der Waals surface area contributed by atoms with E-state index in [2.05, 4.69) is 16.9 Å². The maximum atomic E-state index is 13.7. The molecule has 0 aromatic heterocycles. The SMILES string of the molecule is C=C(/C(C)=C(\N=C(/N)OC)C(=O)N1CCC(N[C@H]2CCOC[C@H]2OC)CC1)N1CCc2ccc(C(F)(F)F)cc2C1. The van der Waals surface area contributed by atoms with Gasteiger partial charge in [0.25, 0.3) is 11.9 Å². The van der Waals surface area contributed by atoms with Crippen molar-refractivity contribution in [2.24, 2.45) is 10.7 Å². The maximum Gasteiger partial charge on any atom is 0.416 e. The summed E-state index contributed by atoms with van der Waals surface area (Å²) < 4.78 is 56.1. The Morgan fingerprint density at radius 2 is 1.88 bits per heavy atom. The van der Waals surface area contributed by atoms with Crippen LogP contribution in [-0.4, -0.2) is 87.0 Å². The molecule has 0 unspecified atom stereocenters. The van der Waals surface area contributed by atoms with Gasteiger partial charge in [-0.1, -0.05) is 12.6 Å². The normalized spacial score (nSPS) is 23.1. The first-order valence-electron chi connectivity index (χ1n) is 13.9. The summed E-state index contributed by atoms with van der Waals surface area (Å²) in [5, 5.41) is 3.68. The minimum absolute atomic E-state index is 0.000214. The summed E-state index contributed by atoms with van der Waals surface area (Å²) in [6.45, 7) is 9.02. The molecule has 2 saturated heterocycles. The second kappa shape index (κ2) is 13.3. The molecular weight excluding hydrogens is 539 g/mol. The van der Waals surface area contributed by atoms with Crippen LogP contribution in [0.5, 0.6) is 0 Å². The highest BCUT2D eigenvalue weighted by Gasteiger charge is 2.33. The first-order valence-corrected chi connectivity index (χ1v) is 13.9. The Hall–Kier alpha value is -3.09. The molecule has 2 fully saturated rings. The molecule has 0 bridgehead atoms. The van der Waals surface area contributed by atoms with Gasteiger partial charge in [0.2, 0.25) is 0 Å². The molecule has 0 radical (unpaired) electrons. The molecular formula is C29H40F3N5O4. The molecule has 226 valence electrons. The number of hydrogen-bond acceptors (Lipinski definition) is 7. The number of carbonyl (C=O) groups is 1. The minimum Gasteiger partial charge on any atom is -0.469 e. The maximum absolute atomic E-state index is 13.7. The van der Waals surface area contributed by atoms with Crippen molar-refractivity contribution in [3.8, 4) is 0 Å². The fourth-order valence-corrected chi connectivity index (χ4v) is 5.62. The van der Waals surface area contributed by atoms with Crippen molar-refractivity contribution in [3.05, 3.63) is 58.4 Å². The van der Waals surface area contributed by atoms with Crippen LogP contribution in [0.2, 0.25) is 0 Å². The number of benzene rings is 1. The van der Waals surface area contributed by atoms with Crippen molar-refractivity contribution < 1.29 is 32.2 Å². The molecule has 0 saturated carbocycles. The summed E-state index contributed by atoms with van der Waals surface area (Å²) in [4.78, 5) is 21.6. The summed E-state index contributed by atoms with van der Waals surface area (Å²) in [5.41, 5.74) is 7.76. The molecule has 1 aromatic rings. The second-order valence-corrected chi connectivity index (χ2v) is 10.7. The third-order valence-electron chi connectivity index (χ3n) is 8.19. The number of alkyl halides is 3. The lowest BCUT2D eigenvalue weighted by Crippen LogP contribution is -2.54. The van der Waals surface area contributed by atoms with Crippen molar-refractivity contribution in [2.45, 2.75) is 63.5 Å². The van der Waals surface area contributed by atoms with Gasteiger partial charge in [-0.2, -0.15) is 18.2 Å². The van der Waals surface area contributed by atoms with Crippen molar-refractivity contribution in [1.82, 2.24) is 15.1 Å². The molecule has 3 aliphatic rings. The number of nitrogens with one attached hydrogen (secondary N) is 1. The first kappa shape index (κ1) is 30.9. The predicted molar refractivity (Wildman–Crippen MR) is 149 cm³/mol. The molecule has 4 rings (SSSR count). The molecule has 12 heteroatoms. The van der Waals surface area contributed by atoms with Crippen LogP contribution in [0.1, 0.15) is 42.9 Å². The Bertz CT molecular complexity index is 1180. The van der Waals surface area contributed by atoms with Crippen LogP contribution in [0.3, 0.4) is 0 Å². The fourth-order valence-electron chi connectivity index (χ4n) is 5.62. The van der Waals surface area contributed by atoms with Gasteiger partial charge in [0.1, 0.15) is 5.70 Å². The van der Waals surface area contributed by atoms with E-state index in [1.54, 1.807) is 18.9 Å². The average molecular weight is 580 g/mol. The van der Waals surface area contributed by atoms with Gasteiger partial charge in [-0.3, -0.25) is 4.79 Å². The molecule has 3 heterocycles. The molecule has 2 atom stereocenters. The number of methoxy groups -OCH3 is 2. The quantitative estimate of drug-likeness (QED) is 0.222. The number of piperidine rings is 1. The van der Waals surface area contributed by atoms with Crippen LogP contribution >= 0.6 is 0 Å². The van der Waals surface area contributed by atoms with Crippen molar-refractivity contribution >= 4 is 11.9 Å². The molecule has 3 N–H and O–H groups in total. The van der Waals surface area contributed by atoms with Crippen LogP contribution < -0.4 is 11.1 Å². The number of nitrogens with two attached hydrogens (primary N) is 1. The van der Waals surface area contributed by atoms with Crippen molar-refractivity contribution in [2.75, 3.05) is 47.1 Å². The predicted octanol–water partition coefficient (Wildman–Crippen LogP) is 3.20. The molecule has 3 aliphatic heterocycles. The van der Waals surface area contributed by atoms with Gasteiger partial charge >= 0.3 is 6.18 Å². The van der Waals surface area contributed by atoms with Crippen LogP contribution in [0, 0.1) is 0 Å². The molecule has 1 aromatic carbocycles. The minimum atomic E-state index is -4.42. The van der Waals surface area contributed by atoms with Crippen molar-refractivity contribution in [3.63, 3.8) is 0 Å². The van der Waals surface area contributed by atoms with Crippen molar-refractivity contribution in [1.29, 1.82) is 0 Å². The number of amidine groups is 1. The fraction of sp³-hybridized carbons (Fsp3) is 0.586. The Morgan fingerprint density at radius 3 is 2.54 bits per heavy atom. The number of halogens is 3. The van der Waals surface area contributed by atoms with Crippen LogP contribution in [-0.2, 0) is 38.1 Å². The highest BCUT2D eigenvalue weighted by Crippen LogP contribution is 2.33. The zero-order valence-electron chi connectivity index (χ0n) is 23.9. The molecule has 9 nitrogen and oxygen atoms in total. The third-order valence-corrected chi connectivity index (χ3v) is 8.19. The van der Waals surface area contributed by atoms with Crippen LogP contribution in [0.4, 0.5) is 13.2 Å². The number of nitrogens with zero attached hydrogens (tertiary/aromatic N) is 3. The van der Waals surface area contributed by atoms with E-state index in [9.17, 15) is 18.0 Å². The number of carbonyl (C=O) groups excluding carboxylic acids is 1. The van der Waals surface area contributed by atoms with E-state index in [1.807, 2.05) is 4.90 Å². The lowest BCUT2D eigenvalue weighted by molar-refractivity contribution is -0.137. The summed E-state index contributed by atoms with van der Waals surface area (Å²) in [6.07, 6.45) is -1.46. The topological polar surface area (TPSA) is 102 Å². The number of amides is 1. The molecule has 0 aliphatic carbocycles. The Balaban J connectivity index is 1.47. The van der Waals surface area contributed by atoms with Gasteiger partial charge < -0.3 is 35.1 Å². The zero-order chi connectivity index (χ0) is 29.7. The number of hydrogen-bond donors (Lipinski definition) is 2. The van der Waals surface area contributed by atoms with Crippen LogP contribution in [0.25, 0.3) is 0 Å². The van der Waals surface area contributed by atoms with Gasteiger partial charge in [0, 0.05) is 63.2 Å². The van der Waals surface area contributed by atoms with E-state index in [0.29, 0.717) is 56.1 Å². The second-order valence-electron chi connectivity index (χ2n) is 10.7. The van der Waals surface area contributed by atoms with Crippen LogP contribution in [0.15, 0.2) is 46.7 Å². The van der Waals surface area contributed by atoms with E-state index >= 15 is 0 Å². The average Bonchev–Trinajstić information content (AvgIpc) is 2.98. The lowest BCUT2D eigenvalue weighted by atomic mass is 9.96. The van der Waals surface area contributed by atoms with Gasteiger partial charge in [0.05, 0.1) is 25.4 Å². The summed E-state index contributed by atoms with van der Waals surface area (Å²) >= 11 is 0. The highest BCUT2D eigenvalue weighted by molar-refractivity contribution is 5.97. The van der Waals surface area contributed by atoms with Gasteiger partial charge in [-0.15, -0.1) is 0 Å². The Labute approximate surface area is 239 Å². The van der Waals surface area contributed by atoms with E-state index in [0.717, 1.165) is 30.9 Å². The monoisotopic (exact) mass is 579 g/mol. The standard InChI is InChI=1S/C29H40F3N5O4/c1-18(19(2)37-11-7-20-5-6-22(29(30,31)32)15-21(20)16-37)26(35-28(33)40-4)27(38)36-12-8-23(9-13-36)34-24-10-14-41-17-25(24)39-3/h5-6,15,23-25,34H,2,7-14,16-17H2,1,3-4H3,(H2,33,35)/b26-18-/t24-,25+/m0/s1. The number of allylic oxidation sites excluding steroid dienone is 1. The third kappa shape index (κ3) is 7.41. The number of likely N-dealkylation sites (tertiary alicyclic amines) is 1. The first-order chi connectivity index (χ1) is 19.5. The smallest absolute Gasteiger partial charge is 0.416 e. The summed E-state index contributed by atoms with van der Waals surface area (Å²) in [5.74, 6) is -0.292. The molecule has 41 heavy (non-hydrogen) atoms. The largest absolute Gasteiger partial charge is 0.469 e. The number of aliphatic imine (C=N–C) groups is 1. The molecule has 1 amide bonds. The van der Waals surface area contributed by atoms with Gasteiger partial charge in [0.15, 0.2) is 0 Å². The Kier molecular flexibility index (Phi) is 9.98. The summed E-state index contributed by atoms with van der Waals surface area (Å²) in [7, 11) is 3.06. The molecule has 0 spiro atoms. The number of fused-ring (bicyclic) bond motifs is 1. The lowest BCUT2D eigenvalue weighted by Gasteiger charge is -2.38. The van der Waals surface area contributed by atoms with Gasteiger partial charge in [-0.25, -0.2) is 0 Å². The van der Waals surface area contributed by atoms with E-state index in [-0.39, 0.29) is 42.4 Å². The van der Waals surface area contributed by atoms with E-state index in [4.69, 9.17) is 19.9 Å². The van der Waals surface area contributed by atoms with E-state index < -0.39 is 11.7 Å².